The zero-order chi connectivity index (χ0) is 13.9. The first-order valence-electron chi connectivity index (χ1n) is 6.56. The predicted octanol–water partition coefficient (Wildman–Crippen LogP) is 3.16. The molecule has 3 aromatic carbocycles. The number of carbonyl (C=O) groups excluding carboxylic acids is 1. The number of carboxylic acids is 1. The van der Waals surface area contributed by atoms with Crippen molar-refractivity contribution < 1.29 is 9.90 Å². The average molecular weight is 259 g/mol. The summed E-state index contributed by atoms with van der Waals surface area (Å²) in [7, 11) is 0. The van der Waals surface area contributed by atoms with E-state index in [9.17, 15) is 9.90 Å². The molecule has 0 atom stereocenters. The number of fused-ring (bicyclic) bond motifs is 3. The molecule has 0 radical (unpaired) electrons. The molecule has 0 aromatic heterocycles. The third kappa shape index (κ3) is 1.26. The normalized spacial score (nSPS) is 11.7. The Balaban J connectivity index is 2.31. The second-order valence-corrected chi connectivity index (χ2v) is 5.18. The lowest BCUT2D eigenvalue weighted by Gasteiger charge is -2.14. The summed E-state index contributed by atoms with van der Waals surface area (Å²) in [6.07, 6.45) is 0. The van der Waals surface area contributed by atoms with Gasteiger partial charge in [0.25, 0.3) is 0 Å². The van der Waals surface area contributed by atoms with Gasteiger partial charge in [-0.3, -0.25) is 0 Å². The van der Waals surface area contributed by atoms with Crippen LogP contribution in [-0.4, -0.2) is 5.97 Å². The maximum atomic E-state index is 11.6. The highest BCUT2D eigenvalue weighted by atomic mass is 16.4. The van der Waals surface area contributed by atoms with Gasteiger partial charge in [0.15, 0.2) is 0 Å². The molecule has 0 aliphatic heterocycles. The summed E-state index contributed by atoms with van der Waals surface area (Å²) in [5, 5.41) is 13.7. The van der Waals surface area contributed by atoms with Gasteiger partial charge >= 0.3 is 0 Å². The fourth-order valence-corrected chi connectivity index (χ4v) is 3.29. The first-order valence-corrected chi connectivity index (χ1v) is 6.56. The summed E-state index contributed by atoms with van der Waals surface area (Å²) in [5.41, 5.74) is 5.07. The molecule has 0 N–H and O–H groups in total. The summed E-state index contributed by atoms with van der Waals surface area (Å²) in [4.78, 5) is 11.6. The van der Waals surface area contributed by atoms with Gasteiger partial charge in [0.05, 0.1) is 5.97 Å². The lowest BCUT2D eigenvalue weighted by atomic mass is 9.93. The Labute approximate surface area is 116 Å². The van der Waals surface area contributed by atoms with Crippen LogP contribution in [0.2, 0.25) is 0 Å². The molecule has 96 valence electrons. The van der Waals surface area contributed by atoms with Crippen LogP contribution in [0.15, 0.2) is 48.5 Å². The minimum atomic E-state index is -1.11. The molecule has 1 aliphatic carbocycles. The molecular formula is C18H11O2-. The van der Waals surface area contributed by atoms with E-state index in [0.717, 1.165) is 38.6 Å². The fraction of sp³-hybridized carbons (Fsp3) is 0.0556. The SMILES string of the molecule is Cc1cc2cccc3c2c(c1C(=O)[O-])-c1ccccc1-3. The van der Waals surface area contributed by atoms with E-state index >= 15 is 0 Å². The van der Waals surface area contributed by atoms with Crippen LogP contribution in [0.4, 0.5) is 0 Å². The zero-order valence-electron chi connectivity index (χ0n) is 10.9. The van der Waals surface area contributed by atoms with Crippen molar-refractivity contribution in [2.24, 2.45) is 0 Å². The Morgan fingerprint density at radius 1 is 0.950 bits per heavy atom. The van der Waals surface area contributed by atoms with E-state index in [4.69, 9.17) is 0 Å². The standard InChI is InChI=1S/C18H12O2/c1-10-9-11-5-4-8-13-12-6-2-3-7-14(12)17(16(11)13)15(10)18(19)20/h2-9H,1H3,(H,19,20)/p-1. The Morgan fingerprint density at radius 3 is 2.40 bits per heavy atom. The number of hydrogen-bond acceptors (Lipinski definition) is 2. The third-order valence-electron chi connectivity index (χ3n) is 4.05. The number of rotatable bonds is 1. The highest BCUT2D eigenvalue weighted by Gasteiger charge is 2.24. The molecule has 1 aliphatic rings. The van der Waals surface area contributed by atoms with Crippen molar-refractivity contribution in [3.8, 4) is 22.3 Å². The van der Waals surface area contributed by atoms with Crippen LogP contribution in [0.3, 0.4) is 0 Å². The lowest BCUT2D eigenvalue weighted by Crippen LogP contribution is -2.24. The zero-order valence-corrected chi connectivity index (χ0v) is 10.9. The molecule has 0 saturated heterocycles. The van der Waals surface area contributed by atoms with Crippen molar-refractivity contribution in [3.63, 3.8) is 0 Å². The number of aromatic carboxylic acids is 1. The summed E-state index contributed by atoms with van der Waals surface area (Å²) in [5.74, 6) is -1.11. The first-order chi connectivity index (χ1) is 9.68. The van der Waals surface area contributed by atoms with Crippen molar-refractivity contribution in [2.75, 3.05) is 0 Å². The molecule has 0 saturated carbocycles. The van der Waals surface area contributed by atoms with Gasteiger partial charge in [-0.1, -0.05) is 48.5 Å². The van der Waals surface area contributed by atoms with Crippen LogP contribution in [0, 0.1) is 6.92 Å². The maximum Gasteiger partial charge on any atom is 0.0724 e. The van der Waals surface area contributed by atoms with Crippen LogP contribution < -0.4 is 5.11 Å². The Hall–Kier alpha value is -2.61. The molecule has 4 rings (SSSR count). The summed E-state index contributed by atoms with van der Waals surface area (Å²) in [6, 6.07) is 16.0. The summed E-state index contributed by atoms with van der Waals surface area (Å²) < 4.78 is 0. The van der Waals surface area contributed by atoms with Gasteiger partial charge in [0.1, 0.15) is 0 Å². The number of benzene rings is 3. The molecule has 0 amide bonds. The fourth-order valence-electron chi connectivity index (χ4n) is 3.29. The monoisotopic (exact) mass is 259 g/mol. The maximum absolute atomic E-state index is 11.6. The molecular weight excluding hydrogens is 248 g/mol. The molecule has 0 fully saturated rings. The van der Waals surface area contributed by atoms with Crippen molar-refractivity contribution in [2.45, 2.75) is 6.92 Å². The third-order valence-corrected chi connectivity index (χ3v) is 4.05. The topological polar surface area (TPSA) is 40.1 Å². The summed E-state index contributed by atoms with van der Waals surface area (Å²) >= 11 is 0. The molecule has 2 heteroatoms. The van der Waals surface area contributed by atoms with Crippen LogP contribution >= 0.6 is 0 Å². The molecule has 20 heavy (non-hydrogen) atoms. The van der Waals surface area contributed by atoms with Crippen molar-refractivity contribution in [3.05, 3.63) is 59.7 Å². The Bertz CT molecular complexity index is 891. The van der Waals surface area contributed by atoms with E-state index in [1.807, 2.05) is 55.5 Å². The molecule has 2 nitrogen and oxygen atoms in total. The van der Waals surface area contributed by atoms with Crippen molar-refractivity contribution >= 4 is 16.7 Å². The van der Waals surface area contributed by atoms with Gasteiger partial charge in [-0.2, -0.15) is 0 Å². The lowest BCUT2D eigenvalue weighted by molar-refractivity contribution is -0.255. The van der Waals surface area contributed by atoms with E-state index in [2.05, 4.69) is 0 Å². The van der Waals surface area contributed by atoms with Gasteiger partial charge in [0, 0.05) is 11.1 Å². The Kier molecular flexibility index (Phi) is 2.08. The first kappa shape index (κ1) is 11.2. The van der Waals surface area contributed by atoms with Crippen molar-refractivity contribution in [1.82, 2.24) is 0 Å². The largest absolute Gasteiger partial charge is 0.545 e. The smallest absolute Gasteiger partial charge is 0.0724 e. The van der Waals surface area contributed by atoms with Crippen LogP contribution in [0.25, 0.3) is 33.0 Å². The highest BCUT2D eigenvalue weighted by Crippen LogP contribution is 2.49. The minimum absolute atomic E-state index is 0.315. The quantitative estimate of drug-likeness (QED) is 0.527. The van der Waals surface area contributed by atoms with E-state index < -0.39 is 5.97 Å². The molecule has 0 spiro atoms. The molecule has 3 aromatic rings. The van der Waals surface area contributed by atoms with E-state index in [1.54, 1.807) is 0 Å². The number of carboxylic acid groups (broad SMARTS) is 1. The number of hydrogen-bond donors (Lipinski definition) is 0. The van der Waals surface area contributed by atoms with Crippen LogP contribution in [-0.2, 0) is 0 Å². The van der Waals surface area contributed by atoms with Gasteiger partial charge in [-0.15, -0.1) is 0 Å². The van der Waals surface area contributed by atoms with Gasteiger partial charge in [-0.05, 0) is 39.9 Å². The number of carbonyl (C=O) groups is 1. The van der Waals surface area contributed by atoms with Gasteiger partial charge in [0.2, 0.25) is 0 Å². The highest BCUT2D eigenvalue weighted by molar-refractivity contribution is 6.20. The van der Waals surface area contributed by atoms with E-state index in [0.29, 0.717) is 5.56 Å². The van der Waals surface area contributed by atoms with E-state index in [1.165, 1.54) is 0 Å². The molecule has 0 bridgehead atoms. The van der Waals surface area contributed by atoms with E-state index in [-0.39, 0.29) is 0 Å². The predicted molar refractivity (Wildman–Crippen MR) is 77.4 cm³/mol. The van der Waals surface area contributed by atoms with Gasteiger partial charge < -0.3 is 9.90 Å². The van der Waals surface area contributed by atoms with Gasteiger partial charge in [-0.25, -0.2) is 0 Å². The minimum Gasteiger partial charge on any atom is -0.545 e. The molecule has 0 heterocycles. The second-order valence-electron chi connectivity index (χ2n) is 5.18. The van der Waals surface area contributed by atoms with Crippen LogP contribution in [0.1, 0.15) is 15.9 Å². The van der Waals surface area contributed by atoms with Crippen LogP contribution in [0.5, 0.6) is 0 Å². The molecule has 0 unspecified atom stereocenters. The average Bonchev–Trinajstić information content (AvgIpc) is 2.76. The number of aryl methyl sites for hydroxylation is 1. The Morgan fingerprint density at radius 2 is 1.65 bits per heavy atom. The second kappa shape index (κ2) is 3.70. The van der Waals surface area contributed by atoms with Crippen molar-refractivity contribution in [1.29, 1.82) is 0 Å². The summed E-state index contributed by atoms with van der Waals surface area (Å²) in [6.45, 7) is 1.83.